The molecule has 1 aliphatic rings. The van der Waals surface area contributed by atoms with Crippen LogP contribution in [0.3, 0.4) is 0 Å². The van der Waals surface area contributed by atoms with Gasteiger partial charge in [-0.1, -0.05) is 47.5 Å². The van der Waals surface area contributed by atoms with Gasteiger partial charge in [-0.05, 0) is 54.9 Å². The number of rotatable bonds is 9. The molecule has 1 fully saturated rings. The molecule has 0 saturated carbocycles. The maximum atomic E-state index is 13.0. The van der Waals surface area contributed by atoms with Gasteiger partial charge in [-0.2, -0.15) is 0 Å². The molecule has 1 heterocycles. The van der Waals surface area contributed by atoms with E-state index in [2.05, 4.69) is 20.9 Å². The van der Waals surface area contributed by atoms with Crippen molar-refractivity contribution in [2.24, 2.45) is 0 Å². The standard InChI is InChI=1S/C23H28Cl2N4O3S2/c1-34(31,32)12-10-21(28-23(33)27-17-5-3-2-4-6-17)22(30)26-18-9-11-29(15-18)14-16-7-8-19(24)20(25)13-16/h2-8,13,18,21H,9-12,14-15H2,1H3,(H,26,30)(H2,27,28,33)/t18-,21-/m0/s1. The van der Waals surface area contributed by atoms with E-state index in [0.717, 1.165) is 30.5 Å². The Hall–Kier alpha value is -1.91. The highest BCUT2D eigenvalue weighted by molar-refractivity contribution is 7.90. The van der Waals surface area contributed by atoms with Gasteiger partial charge in [0.2, 0.25) is 5.91 Å². The van der Waals surface area contributed by atoms with Crippen LogP contribution in [0.2, 0.25) is 10.0 Å². The summed E-state index contributed by atoms with van der Waals surface area (Å²) in [7, 11) is -3.24. The maximum absolute atomic E-state index is 13.0. The van der Waals surface area contributed by atoms with E-state index in [1.54, 1.807) is 6.07 Å². The Labute approximate surface area is 216 Å². The Morgan fingerprint density at radius 2 is 1.91 bits per heavy atom. The number of hydrogen-bond acceptors (Lipinski definition) is 5. The van der Waals surface area contributed by atoms with Crippen LogP contribution in [0.4, 0.5) is 5.69 Å². The number of para-hydroxylation sites is 1. The first-order valence-electron chi connectivity index (χ1n) is 10.9. The first-order chi connectivity index (χ1) is 16.1. The second kappa shape index (κ2) is 12.2. The lowest BCUT2D eigenvalue weighted by Gasteiger charge is -2.23. The van der Waals surface area contributed by atoms with Crippen LogP contribution < -0.4 is 16.0 Å². The van der Waals surface area contributed by atoms with Gasteiger partial charge in [0.15, 0.2) is 5.11 Å². The average molecular weight is 544 g/mol. The predicted molar refractivity (Wildman–Crippen MR) is 142 cm³/mol. The molecule has 7 nitrogen and oxygen atoms in total. The van der Waals surface area contributed by atoms with E-state index in [0.29, 0.717) is 23.1 Å². The van der Waals surface area contributed by atoms with E-state index in [9.17, 15) is 13.2 Å². The summed E-state index contributed by atoms with van der Waals surface area (Å²) in [6.07, 6.45) is 2.06. The normalized spacial score (nSPS) is 17.2. The van der Waals surface area contributed by atoms with Crippen LogP contribution in [0.15, 0.2) is 48.5 Å². The van der Waals surface area contributed by atoms with Gasteiger partial charge in [0.1, 0.15) is 15.9 Å². The zero-order chi connectivity index (χ0) is 24.7. The molecule has 2 aromatic rings. The Balaban J connectivity index is 1.57. The Morgan fingerprint density at radius 3 is 2.59 bits per heavy atom. The molecule has 1 amide bonds. The van der Waals surface area contributed by atoms with Gasteiger partial charge in [0, 0.05) is 37.6 Å². The third kappa shape index (κ3) is 8.70. The predicted octanol–water partition coefficient (Wildman–Crippen LogP) is 3.47. The molecule has 0 unspecified atom stereocenters. The minimum atomic E-state index is -3.24. The van der Waals surface area contributed by atoms with Crippen molar-refractivity contribution in [1.82, 2.24) is 15.5 Å². The monoisotopic (exact) mass is 542 g/mol. The molecule has 3 rings (SSSR count). The van der Waals surface area contributed by atoms with Crippen molar-refractivity contribution in [3.05, 3.63) is 64.1 Å². The van der Waals surface area contributed by atoms with Gasteiger partial charge in [0.05, 0.1) is 15.8 Å². The molecule has 2 atom stereocenters. The molecule has 0 spiro atoms. The molecule has 0 radical (unpaired) electrons. The topological polar surface area (TPSA) is 90.5 Å². The quantitative estimate of drug-likeness (QED) is 0.418. The second-order valence-corrected chi connectivity index (χ2v) is 11.9. The number of sulfone groups is 1. The maximum Gasteiger partial charge on any atom is 0.242 e. The highest BCUT2D eigenvalue weighted by atomic mass is 35.5. The van der Waals surface area contributed by atoms with Crippen molar-refractivity contribution in [1.29, 1.82) is 0 Å². The van der Waals surface area contributed by atoms with Crippen molar-refractivity contribution >= 4 is 62.0 Å². The fourth-order valence-electron chi connectivity index (χ4n) is 3.74. The molecule has 2 aromatic carbocycles. The molecule has 0 bridgehead atoms. The number of likely N-dealkylation sites (tertiary alicyclic amines) is 1. The van der Waals surface area contributed by atoms with E-state index in [1.807, 2.05) is 42.5 Å². The van der Waals surface area contributed by atoms with E-state index in [4.69, 9.17) is 35.4 Å². The Bertz CT molecular complexity index is 1120. The van der Waals surface area contributed by atoms with E-state index in [1.165, 1.54) is 0 Å². The van der Waals surface area contributed by atoms with Crippen LogP contribution in [0.1, 0.15) is 18.4 Å². The SMILES string of the molecule is CS(=O)(=O)CC[C@H](NC(=S)Nc1ccccc1)C(=O)N[C@H]1CCN(Cc2ccc(Cl)c(Cl)c2)C1. The highest BCUT2D eigenvalue weighted by Gasteiger charge is 2.28. The fourth-order valence-corrected chi connectivity index (χ4v) is 4.98. The number of nitrogens with one attached hydrogen (secondary N) is 3. The number of nitrogens with zero attached hydrogens (tertiary/aromatic N) is 1. The van der Waals surface area contributed by atoms with Crippen molar-refractivity contribution < 1.29 is 13.2 Å². The fraction of sp³-hybridized carbons (Fsp3) is 0.391. The van der Waals surface area contributed by atoms with Gasteiger partial charge in [-0.3, -0.25) is 9.69 Å². The van der Waals surface area contributed by atoms with Gasteiger partial charge < -0.3 is 16.0 Å². The van der Waals surface area contributed by atoms with Crippen molar-refractivity contribution in [2.45, 2.75) is 31.5 Å². The third-order valence-electron chi connectivity index (χ3n) is 5.44. The third-order valence-corrected chi connectivity index (χ3v) is 7.38. The van der Waals surface area contributed by atoms with Crippen LogP contribution in [0.25, 0.3) is 0 Å². The van der Waals surface area contributed by atoms with Gasteiger partial charge in [0.25, 0.3) is 0 Å². The summed E-state index contributed by atoms with van der Waals surface area (Å²) < 4.78 is 23.4. The summed E-state index contributed by atoms with van der Waals surface area (Å²) in [5, 5.41) is 10.3. The number of benzene rings is 2. The van der Waals surface area contributed by atoms with E-state index < -0.39 is 15.9 Å². The molecule has 1 saturated heterocycles. The lowest BCUT2D eigenvalue weighted by atomic mass is 10.2. The number of hydrogen-bond donors (Lipinski definition) is 3. The van der Waals surface area contributed by atoms with Gasteiger partial charge in [-0.15, -0.1) is 0 Å². The molecule has 3 N–H and O–H groups in total. The molecule has 0 aromatic heterocycles. The summed E-state index contributed by atoms with van der Waals surface area (Å²) in [6.45, 7) is 2.20. The number of amides is 1. The number of carbonyl (C=O) groups excluding carboxylic acids is 1. The first-order valence-corrected chi connectivity index (χ1v) is 14.1. The number of thiocarbonyl (C=S) groups is 1. The number of anilines is 1. The molecular formula is C23H28Cl2N4O3S2. The zero-order valence-electron chi connectivity index (χ0n) is 18.8. The van der Waals surface area contributed by atoms with Crippen LogP contribution in [-0.4, -0.2) is 61.5 Å². The van der Waals surface area contributed by atoms with Crippen LogP contribution in [0, 0.1) is 0 Å². The van der Waals surface area contributed by atoms with E-state index in [-0.39, 0.29) is 29.2 Å². The van der Waals surface area contributed by atoms with Crippen molar-refractivity contribution in [3.8, 4) is 0 Å². The summed E-state index contributed by atoms with van der Waals surface area (Å²) in [4.78, 5) is 15.3. The Kier molecular flexibility index (Phi) is 9.56. The summed E-state index contributed by atoms with van der Waals surface area (Å²) in [6, 6.07) is 14.0. The van der Waals surface area contributed by atoms with Crippen LogP contribution in [0.5, 0.6) is 0 Å². The second-order valence-electron chi connectivity index (χ2n) is 8.41. The van der Waals surface area contributed by atoms with Crippen molar-refractivity contribution in [3.63, 3.8) is 0 Å². The highest BCUT2D eigenvalue weighted by Crippen LogP contribution is 2.24. The summed E-state index contributed by atoms with van der Waals surface area (Å²) in [5.41, 5.74) is 1.82. The summed E-state index contributed by atoms with van der Waals surface area (Å²) >= 11 is 17.5. The van der Waals surface area contributed by atoms with Gasteiger partial charge >= 0.3 is 0 Å². The smallest absolute Gasteiger partial charge is 0.242 e. The lowest BCUT2D eigenvalue weighted by molar-refractivity contribution is -0.123. The van der Waals surface area contributed by atoms with Crippen molar-refractivity contribution in [2.75, 3.05) is 30.4 Å². The minimum absolute atomic E-state index is 0.0477. The molecule has 1 aliphatic heterocycles. The van der Waals surface area contributed by atoms with Crippen LogP contribution in [-0.2, 0) is 21.2 Å². The molecule has 34 heavy (non-hydrogen) atoms. The minimum Gasteiger partial charge on any atom is -0.351 e. The molecule has 11 heteroatoms. The zero-order valence-corrected chi connectivity index (χ0v) is 21.9. The van der Waals surface area contributed by atoms with Crippen LogP contribution >= 0.6 is 35.4 Å². The molecular weight excluding hydrogens is 515 g/mol. The first kappa shape index (κ1) is 26.7. The summed E-state index contributed by atoms with van der Waals surface area (Å²) in [5.74, 6) is -0.401. The largest absolute Gasteiger partial charge is 0.351 e. The number of halogens is 2. The van der Waals surface area contributed by atoms with E-state index >= 15 is 0 Å². The molecule has 0 aliphatic carbocycles. The number of carbonyl (C=O) groups is 1. The average Bonchev–Trinajstić information content (AvgIpc) is 3.20. The lowest BCUT2D eigenvalue weighted by Crippen LogP contribution is -2.51. The Morgan fingerprint density at radius 1 is 1.18 bits per heavy atom. The molecule has 184 valence electrons. The van der Waals surface area contributed by atoms with Gasteiger partial charge in [-0.25, -0.2) is 8.42 Å².